The molecule has 1 aromatic carbocycles. The summed E-state index contributed by atoms with van der Waals surface area (Å²) in [7, 11) is 0. The summed E-state index contributed by atoms with van der Waals surface area (Å²) in [5.74, 6) is -1.50. The third-order valence-electron chi connectivity index (χ3n) is 3.16. The number of nitrogens with zero attached hydrogens (tertiary/aromatic N) is 2. The van der Waals surface area contributed by atoms with E-state index >= 15 is 0 Å². The van der Waals surface area contributed by atoms with Crippen molar-refractivity contribution in [2.24, 2.45) is 0 Å². The molecule has 5 heteroatoms. The summed E-state index contributed by atoms with van der Waals surface area (Å²) in [4.78, 5) is 11.5. The Bertz CT molecular complexity index is 607. The highest BCUT2D eigenvalue weighted by Gasteiger charge is 2.21. The van der Waals surface area contributed by atoms with Crippen LogP contribution in [0.2, 0.25) is 5.02 Å². The van der Waals surface area contributed by atoms with E-state index in [2.05, 4.69) is 5.10 Å². The molecular formula is C15H17ClN2O2. The van der Waals surface area contributed by atoms with Gasteiger partial charge in [-0.05, 0) is 37.6 Å². The normalized spacial score (nSPS) is 12.6. The monoisotopic (exact) mass is 292 g/mol. The molecule has 0 spiro atoms. The average Bonchev–Trinajstić information content (AvgIpc) is 2.84. The predicted octanol–water partition coefficient (Wildman–Crippen LogP) is 3.53. The molecule has 0 aliphatic heterocycles. The maximum absolute atomic E-state index is 11.5. The van der Waals surface area contributed by atoms with E-state index in [1.165, 1.54) is 0 Å². The van der Waals surface area contributed by atoms with Crippen LogP contribution in [0, 0.1) is 0 Å². The predicted molar refractivity (Wildman–Crippen MR) is 78.1 cm³/mol. The molecule has 2 rings (SSSR count). The summed E-state index contributed by atoms with van der Waals surface area (Å²) >= 11 is 5.93. The SMILES string of the molecule is CC(C)n1ccc(CC(C(=O)O)c2cccc(Cl)c2)n1. The lowest BCUT2D eigenvalue weighted by atomic mass is 9.94. The van der Waals surface area contributed by atoms with Crippen molar-refractivity contribution < 1.29 is 9.90 Å². The number of carboxylic acids is 1. The average molecular weight is 293 g/mol. The highest BCUT2D eigenvalue weighted by molar-refractivity contribution is 6.30. The quantitative estimate of drug-likeness (QED) is 0.917. The number of benzene rings is 1. The summed E-state index contributed by atoms with van der Waals surface area (Å²) in [6, 6.07) is 9.10. The molecule has 1 aromatic heterocycles. The van der Waals surface area contributed by atoms with E-state index in [9.17, 15) is 9.90 Å². The van der Waals surface area contributed by atoms with E-state index in [1.54, 1.807) is 24.3 Å². The van der Waals surface area contributed by atoms with Crippen LogP contribution in [0.25, 0.3) is 0 Å². The van der Waals surface area contributed by atoms with Gasteiger partial charge in [0.25, 0.3) is 0 Å². The topological polar surface area (TPSA) is 55.1 Å². The molecule has 0 radical (unpaired) electrons. The largest absolute Gasteiger partial charge is 0.481 e. The Morgan fingerprint density at radius 1 is 1.40 bits per heavy atom. The van der Waals surface area contributed by atoms with Crippen LogP contribution in [0.15, 0.2) is 36.5 Å². The van der Waals surface area contributed by atoms with Gasteiger partial charge in [-0.2, -0.15) is 5.10 Å². The second-order valence-corrected chi connectivity index (χ2v) is 5.47. The molecule has 1 heterocycles. The van der Waals surface area contributed by atoms with E-state index in [0.29, 0.717) is 17.0 Å². The van der Waals surface area contributed by atoms with Gasteiger partial charge >= 0.3 is 5.97 Å². The van der Waals surface area contributed by atoms with E-state index in [4.69, 9.17) is 11.6 Å². The summed E-state index contributed by atoms with van der Waals surface area (Å²) in [6.07, 6.45) is 2.23. The van der Waals surface area contributed by atoms with Crippen molar-refractivity contribution in [3.63, 3.8) is 0 Å². The van der Waals surface area contributed by atoms with Gasteiger partial charge in [-0.1, -0.05) is 23.7 Å². The molecule has 2 aromatic rings. The Morgan fingerprint density at radius 2 is 2.15 bits per heavy atom. The zero-order valence-electron chi connectivity index (χ0n) is 11.5. The fourth-order valence-corrected chi connectivity index (χ4v) is 2.25. The minimum absolute atomic E-state index is 0.262. The molecular weight excluding hydrogens is 276 g/mol. The lowest BCUT2D eigenvalue weighted by Gasteiger charge is -2.12. The molecule has 0 aliphatic carbocycles. The van der Waals surface area contributed by atoms with Gasteiger partial charge < -0.3 is 5.11 Å². The fraction of sp³-hybridized carbons (Fsp3) is 0.333. The van der Waals surface area contributed by atoms with Crippen LogP contribution in [0.4, 0.5) is 0 Å². The third kappa shape index (κ3) is 3.39. The van der Waals surface area contributed by atoms with Crippen molar-refractivity contribution in [2.45, 2.75) is 32.2 Å². The number of carbonyl (C=O) groups is 1. The van der Waals surface area contributed by atoms with Crippen molar-refractivity contribution in [3.8, 4) is 0 Å². The summed E-state index contributed by atoms with van der Waals surface area (Å²) in [5.41, 5.74) is 1.47. The smallest absolute Gasteiger partial charge is 0.311 e. The fourth-order valence-electron chi connectivity index (χ4n) is 2.05. The summed E-state index contributed by atoms with van der Waals surface area (Å²) in [5, 5.41) is 14.4. The standard InChI is InChI=1S/C15H17ClN2O2/c1-10(2)18-7-6-13(17-18)9-14(15(19)20)11-4-3-5-12(16)8-11/h3-8,10,14H,9H2,1-2H3,(H,19,20). The Morgan fingerprint density at radius 3 is 2.70 bits per heavy atom. The molecule has 0 amide bonds. The minimum Gasteiger partial charge on any atom is -0.481 e. The number of aliphatic carboxylic acids is 1. The number of halogens is 1. The van der Waals surface area contributed by atoms with Gasteiger partial charge in [-0.15, -0.1) is 0 Å². The number of hydrogen-bond acceptors (Lipinski definition) is 2. The first-order chi connectivity index (χ1) is 9.47. The van der Waals surface area contributed by atoms with Crippen LogP contribution in [-0.4, -0.2) is 20.9 Å². The first kappa shape index (κ1) is 14.6. The lowest BCUT2D eigenvalue weighted by Crippen LogP contribution is -2.15. The molecule has 1 N–H and O–H groups in total. The molecule has 0 fully saturated rings. The summed E-state index contributed by atoms with van der Waals surface area (Å²) in [6.45, 7) is 4.06. The molecule has 0 saturated carbocycles. The highest BCUT2D eigenvalue weighted by atomic mass is 35.5. The summed E-state index contributed by atoms with van der Waals surface area (Å²) < 4.78 is 1.83. The lowest BCUT2D eigenvalue weighted by molar-refractivity contribution is -0.138. The molecule has 106 valence electrons. The van der Waals surface area contributed by atoms with Crippen LogP contribution in [0.5, 0.6) is 0 Å². The van der Waals surface area contributed by atoms with Crippen molar-refractivity contribution in [2.75, 3.05) is 0 Å². The zero-order valence-corrected chi connectivity index (χ0v) is 12.2. The molecule has 20 heavy (non-hydrogen) atoms. The number of rotatable bonds is 5. The van der Waals surface area contributed by atoms with E-state index in [1.807, 2.05) is 30.8 Å². The third-order valence-corrected chi connectivity index (χ3v) is 3.39. The molecule has 4 nitrogen and oxygen atoms in total. The van der Waals surface area contributed by atoms with Crippen molar-refractivity contribution in [3.05, 3.63) is 52.8 Å². The van der Waals surface area contributed by atoms with Gasteiger partial charge in [0.1, 0.15) is 0 Å². The zero-order chi connectivity index (χ0) is 14.7. The molecule has 0 saturated heterocycles. The van der Waals surface area contributed by atoms with Gasteiger partial charge in [0.15, 0.2) is 0 Å². The van der Waals surface area contributed by atoms with Crippen LogP contribution >= 0.6 is 11.6 Å². The Hall–Kier alpha value is -1.81. The number of aromatic nitrogens is 2. The molecule has 0 bridgehead atoms. The van der Waals surface area contributed by atoms with Crippen molar-refractivity contribution in [1.82, 2.24) is 9.78 Å². The van der Waals surface area contributed by atoms with E-state index in [-0.39, 0.29) is 6.04 Å². The van der Waals surface area contributed by atoms with E-state index < -0.39 is 11.9 Å². The minimum atomic E-state index is -0.869. The van der Waals surface area contributed by atoms with Gasteiger partial charge in [0.05, 0.1) is 11.6 Å². The van der Waals surface area contributed by atoms with E-state index in [0.717, 1.165) is 5.69 Å². The Labute approximate surface area is 123 Å². The van der Waals surface area contributed by atoms with Crippen LogP contribution in [0.3, 0.4) is 0 Å². The van der Waals surface area contributed by atoms with Crippen LogP contribution in [0.1, 0.15) is 37.1 Å². The second kappa shape index (κ2) is 6.09. The van der Waals surface area contributed by atoms with Gasteiger partial charge in [0, 0.05) is 23.7 Å². The first-order valence-corrected chi connectivity index (χ1v) is 6.87. The van der Waals surface area contributed by atoms with Crippen molar-refractivity contribution in [1.29, 1.82) is 0 Å². The van der Waals surface area contributed by atoms with Crippen LogP contribution in [-0.2, 0) is 11.2 Å². The number of hydrogen-bond donors (Lipinski definition) is 1. The molecule has 1 unspecified atom stereocenters. The molecule has 0 aliphatic rings. The van der Waals surface area contributed by atoms with Gasteiger partial charge in [-0.3, -0.25) is 9.48 Å². The molecule has 1 atom stereocenters. The maximum atomic E-state index is 11.5. The second-order valence-electron chi connectivity index (χ2n) is 5.03. The van der Waals surface area contributed by atoms with Crippen LogP contribution < -0.4 is 0 Å². The van der Waals surface area contributed by atoms with Gasteiger partial charge in [-0.25, -0.2) is 0 Å². The van der Waals surface area contributed by atoms with Gasteiger partial charge in [0.2, 0.25) is 0 Å². The first-order valence-electron chi connectivity index (χ1n) is 6.49. The van der Waals surface area contributed by atoms with Crippen molar-refractivity contribution >= 4 is 17.6 Å². The highest BCUT2D eigenvalue weighted by Crippen LogP contribution is 2.23. The number of carboxylic acid groups (broad SMARTS) is 1. The Balaban J connectivity index is 2.23. The Kier molecular flexibility index (Phi) is 4.45. The maximum Gasteiger partial charge on any atom is 0.311 e.